The van der Waals surface area contributed by atoms with Crippen LogP contribution in [0.1, 0.15) is 0 Å². The highest BCUT2D eigenvalue weighted by Crippen LogP contribution is 2.41. The number of ether oxygens (including phenoxy) is 2. The standard InChI is InChI=1S/C42H30O2/c1-3-14-31(15-4-1)34-18-13-19-35(30-34)32-26-28-36(29-27-32)43-41-24-11-12-25-42(41)44-40-23-10-9-22-39(40)38-21-8-7-20-37(38)33-16-5-2-6-17-33/h1-30H. The highest BCUT2D eigenvalue weighted by Gasteiger charge is 2.14. The molecule has 210 valence electrons. The summed E-state index contributed by atoms with van der Waals surface area (Å²) >= 11 is 0. The van der Waals surface area contributed by atoms with Crippen LogP contribution in [0, 0.1) is 0 Å². The van der Waals surface area contributed by atoms with Crippen molar-refractivity contribution in [1.29, 1.82) is 0 Å². The highest BCUT2D eigenvalue weighted by atomic mass is 16.5. The summed E-state index contributed by atoms with van der Waals surface area (Å²) in [7, 11) is 0. The van der Waals surface area contributed by atoms with Gasteiger partial charge in [-0.3, -0.25) is 0 Å². The molecule has 7 aromatic carbocycles. The van der Waals surface area contributed by atoms with Crippen molar-refractivity contribution in [1.82, 2.24) is 0 Å². The molecule has 2 heteroatoms. The Morgan fingerprint density at radius 1 is 0.250 bits per heavy atom. The van der Waals surface area contributed by atoms with Gasteiger partial charge in [0.2, 0.25) is 0 Å². The van der Waals surface area contributed by atoms with E-state index in [-0.39, 0.29) is 0 Å². The third-order valence-corrected chi connectivity index (χ3v) is 7.64. The smallest absolute Gasteiger partial charge is 0.169 e. The lowest BCUT2D eigenvalue weighted by atomic mass is 9.94. The molecule has 0 saturated heterocycles. The first kappa shape index (κ1) is 27.0. The first-order valence-electron chi connectivity index (χ1n) is 14.8. The van der Waals surface area contributed by atoms with Crippen molar-refractivity contribution < 1.29 is 9.47 Å². The van der Waals surface area contributed by atoms with Gasteiger partial charge in [0, 0.05) is 5.56 Å². The second kappa shape index (κ2) is 12.6. The van der Waals surface area contributed by atoms with E-state index in [0.717, 1.165) is 44.9 Å². The third kappa shape index (κ3) is 5.88. The maximum atomic E-state index is 6.58. The number of benzene rings is 7. The zero-order chi connectivity index (χ0) is 29.6. The molecular weight excluding hydrogens is 536 g/mol. The minimum absolute atomic E-state index is 0.650. The molecule has 2 nitrogen and oxygen atoms in total. The Balaban J connectivity index is 1.15. The number of rotatable bonds is 8. The molecule has 0 bridgehead atoms. The molecular formula is C42H30O2. The van der Waals surface area contributed by atoms with E-state index >= 15 is 0 Å². The molecule has 0 N–H and O–H groups in total. The van der Waals surface area contributed by atoms with Crippen LogP contribution < -0.4 is 9.47 Å². The molecule has 0 unspecified atom stereocenters. The molecule has 0 aliphatic rings. The minimum atomic E-state index is 0.650. The summed E-state index contributed by atoms with van der Waals surface area (Å²) in [4.78, 5) is 0. The van der Waals surface area contributed by atoms with E-state index in [4.69, 9.17) is 9.47 Å². The van der Waals surface area contributed by atoms with Crippen molar-refractivity contribution in [3.63, 3.8) is 0 Å². The highest BCUT2D eigenvalue weighted by molar-refractivity contribution is 5.86. The Morgan fingerprint density at radius 3 is 1.36 bits per heavy atom. The third-order valence-electron chi connectivity index (χ3n) is 7.64. The maximum absolute atomic E-state index is 6.58. The zero-order valence-electron chi connectivity index (χ0n) is 24.1. The molecule has 0 atom stereocenters. The van der Waals surface area contributed by atoms with Gasteiger partial charge in [0.05, 0.1) is 0 Å². The Hall–Kier alpha value is -5.86. The van der Waals surface area contributed by atoms with E-state index in [1.54, 1.807) is 0 Å². The average Bonchev–Trinajstić information content (AvgIpc) is 3.10. The van der Waals surface area contributed by atoms with Crippen LogP contribution in [-0.4, -0.2) is 0 Å². The summed E-state index contributed by atoms with van der Waals surface area (Å²) in [5.41, 5.74) is 9.14. The van der Waals surface area contributed by atoms with Gasteiger partial charge < -0.3 is 9.47 Å². The Labute approximate surface area is 258 Å². The van der Waals surface area contributed by atoms with Gasteiger partial charge in [0.1, 0.15) is 11.5 Å². The Bertz CT molecular complexity index is 1990. The lowest BCUT2D eigenvalue weighted by Gasteiger charge is -2.17. The van der Waals surface area contributed by atoms with Crippen LogP contribution in [0.4, 0.5) is 0 Å². The molecule has 0 fully saturated rings. The van der Waals surface area contributed by atoms with Crippen molar-refractivity contribution in [3.05, 3.63) is 182 Å². The van der Waals surface area contributed by atoms with Gasteiger partial charge in [-0.15, -0.1) is 0 Å². The van der Waals surface area contributed by atoms with Crippen molar-refractivity contribution >= 4 is 0 Å². The molecule has 0 amide bonds. The summed E-state index contributed by atoms with van der Waals surface area (Å²) in [5.74, 6) is 2.81. The Morgan fingerprint density at radius 2 is 0.705 bits per heavy atom. The van der Waals surface area contributed by atoms with Gasteiger partial charge in [-0.25, -0.2) is 0 Å². The van der Waals surface area contributed by atoms with Crippen LogP contribution >= 0.6 is 0 Å². The van der Waals surface area contributed by atoms with Gasteiger partial charge in [0.25, 0.3) is 0 Å². The van der Waals surface area contributed by atoms with E-state index in [9.17, 15) is 0 Å². The zero-order valence-corrected chi connectivity index (χ0v) is 24.1. The van der Waals surface area contributed by atoms with Gasteiger partial charge in [-0.05, 0) is 75.3 Å². The number of para-hydroxylation sites is 3. The summed E-state index contributed by atoms with van der Waals surface area (Å²) < 4.78 is 13.0. The molecule has 44 heavy (non-hydrogen) atoms. The molecule has 0 radical (unpaired) electrons. The fourth-order valence-electron chi connectivity index (χ4n) is 5.45. The molecule has 0 aliphatic heterocycles. The van der Waals surface area contributed by atoms with Crippen molar-refractivity contribution in [2.24, 2.45) is 0 Å². The summed E-state index contributed by atoms with van der Waals surface area (Å²) in [5, 5.41) is 0. The second-order valence-electron chi connectivity index (χ2n) is 10.5. The SMILES string of the molecule is c1ccc(-c2cccc(-c3ccc(Oc4ccccc4Oc4ccccc4-c4ccccc4-c4ccccc4)cc3)c2)cc1. The van der Waals surface area contributed by atoms with Crippen LogP contribution in [0.2, 0.25) is 0 Å². The summed E-state index contributed by atoms with van der Waals surface area (Å²) in [6.45, 7) is 0. The molecule has 7 rings (SSSR count). The fourth-order valence-corrected chi connectivity index (χ4v) is 5.45. The lowest BCUT2D eigenvalue weighted by Crippen LogP contribution is -1.93. The normalized spacial score (nSPS) is 10.7. The monoisotopic (exact) mass is 566 g/mol. The number of hydrogen-bond acceptors (Lipinski definition) is 2. The van der Waals surface area contributed by atoms with Crippen LogP contribution in [0.5, 0.6) is 23.0 Å². The van der Waals surface area contributed by atoms with Crippen LogP contribution in [0.25, 0.3) is 44.5 Å². The quantitative estimate of drug-likeness (QED) is 0.182. The maximum Gasteiger partial charge on any atom is 0.169 e. The molecule has 0 aliphatic carbocycles. The predicted octanol–water partition coefficient (Wildman–Crippen LogP) is 11.9. The van der Waals surface area contributed by atoms with Crippen molar-refractivity contribution in [2.45, 2.75) is 0 Å². The molecule has 0 saturated carbocycles. The van der Waals surface area contributed by atoms with Crippen molar-refractivity contribution in [3.8, 4) is 67.5 Å². The van der Waals surface area contributed by atoms with E-state index in [2.05, 4.69) is 115 Å². The van der Waals surface area contributed by atoms with Crippen LogP contribution in [-0.2, 0) is 0 Å². The van der Waals surface area contributed by atoms with E-state index in [0.29, 0.717) is 11.5 Å². The molecule has 7 aromatic rings. The summed E-state index contributed by atoms with van der Waals surface area (Å²) in [6, 6.07) is 62.1. The van der Waals surface area contributed by atoms with Gasteiger partial charge in [-0.1, -0.05) is 146 Å². The molecule has 0 heterocycles. The van der Waals surface area contributed by atoms with Crippen LogP contribution in [0.15, 0.2) is 182 Å². The van der Waals surface area contributed by atoms with E-state index in [1.165, 1.54) is 11.1 Å². The predicted molar refractivity (Wildman–Crippen MR) is 181 cm³/mol. The molecule has 0 aromatic heterocycles. The van der Waals surface area contributed by atoms with E-state index < -0.39 is 0 Å². The first-order chi connectivity index (χ1) is 21.8. The number of hydrogen-bond donors (Lipinski definition) is 0. The van der Waals surface area contributed by atoms with Crippen LogP contribution in [0.3, 0.4) is 0 Å². The van der Waals surface area contributed by atoms with E-state index in [1.807, 2.05) is 66.7 Å². The second-order valence-corrected chi connectivity index (χ2v) is 10.5. The van der Waals surface area contributed by atoms with Gasteiger partial charge in [-0.2, -0.15) is 0 Å². The fraction of sp³-hybridized carbons (Fsp3) is 0. The van der Waals surface area contributed by atoms with Gasteiger partial charge >= 0.3 is 0 Å². The summed E-state index contributed by atoms with van der Waals surface area (Å²) in [6.07, 6.45) is 0. The molecule has 0 spiro atoms. The lowest BCUT2D eigenvalue weighted by molar-refractivity contribution is 0.419. The minimum Gasteiger partial charge on any atom is -0.453 e. The topological polar surface area (TPSA) is 18.5 Å². The van der Waals surface area contributed by atoms with Gasteiger partial charge in [0.15, 0.2) is 11.5 Å². The average molecular weight is 567 g/mol. The van der Waals surface area contributed by atoms with Crippen molar-refractivity contribution in [2.75, 3.05) is 0 Å². The first-order valence-corrected chi connectivity index (χ1v) is 14.8. The Kier molecular flexibility index (Phi) is 7.71. The largest absolute Gasteiger partial charge is 0.453 e.